The quantitative estimate of drug-likeness (QED) is 0.820. The molecule has 1 heterocycles. The van der Waals surface area contributed by atoms with Crippen LogP contribution in [0.3, 0.4) is 0 Å². The maximum atomic E-state index is 5.99. The van der Waals surface area contributed by atoms with Crippen molar-refractivity contribution in [2.75, 3.05) is 11.1 Å². The van der Waals surface area contributed by atoms with Crippen LogP contribution in [0.25, 0.3) is 10.9 Å². The van der Waals surface area contributed by atoms with E-state index in [0.717, 1.165) is 28.2 Å². The standard InChI is InChI=1S/C16H21N3/c1-11(12-5-2-3-6-12)19-15-9-10-18-16-13(15)7-4-8-14(16)17/h4,7-12H,2-3,5-6,17H2,1H3,(H,18,19). The zero-order valence-corrected chi connectivity index (χ0v) is 11.4. The second kappa shape index (κ2) is 5.08. The van der Waals surface area contributed by atoms with Gasteiger partial charge in [0.2, 0.25) is 0 Å². The molecule has 3 rings (SSSR count). The van der Waals surface area contributed by atoms with Gasteiger partial charge in [0.05, 0.1) is 11.2 Å². The lowest BCUT2D eigenvalue weighted by Crippen LogP contribution is -2.23. The van der Waals surface area contributed by atoms with Crippen molar-refractivity contribution in [3.05, 3.63) is 30.5 Å². The van der Waals surface area contributed by atoms with Crippen LogP contribution in [-0.4, -0.2) is 11.0 Å². The number of nitrogen functional groups attached to an aromatic ring is 1. The first-order chi connectivity index (χ1) is 9.25. The molecule has 1 aromatic carbocycles. The van der Waals surface area contributed by atoms with Crippen LogP contribution in [0.2, 0.25) is 0 Å². The van der Waals surface area contributed by atoms with E-state index in [1.807, 2.05) is 24.4 Å². The Morgan fingerprint density at radius 2 is 2.05 bits per heavy atom. The largest absolute Gasteiger partial charge is 0.397 e. The van der Waals surface area contributed by atoms with E-state index in [-0.39, 0.29) is 0 Å². The van der Waals surface area contributed by atoms with Gasteiger partial charge in [0.15, 0.2) is 0 Å². The normalized spacial score (nSPS) is 17.7. The number of hydrogen-bond donors (Lipinski definition) is 2. The number of nitrogens with two attached hydrogens (primary N) is 1. The number of nitrogens with zero attached hydrogens (tertiary/aromatic N) is 1. The van der Waals surface area contributed by atoms with Crippen LogP contribution in [0, 0.1) is 5.92 Å². The maximum absolute atomic E-state index is 5.99. The first-order valence-corrected chi connectivity index (χ1v) is 7.15. The predicted molar refractivity (Wildman–Crippen MR) is 81.2 cm³/mol. The van der Waals surface area contributed by atoms with Crippen LogP contribution in [0.15, 0.2) is 30.5 Å². The van der Waals surface area contributed by atoms with Crippen LogP contribution >= 0.6 is 0 Å². The molecule has 3 nitrogen and oxygen atoms in total. The Morgan fingerprint density at radius 1 is 1.26 bits per heavy atom. The molecule has 0 amide bonds. The molecule has 2 aromatic rings. The molecule has 3 N–H and O–H groups in total. The summed E-state index contributed by atoms with van der Waals surface area (Å²) in [5.41, 5.74) is 8.78. The summed E-state index contributed by atoms with van der Waals surface area (Å²) in [6.45, 7) is 2.29. The SMILES string of the molecule is CC(Nc1ccnc2c(N)cccc12)C1CCCC1. The van der Waals surface area contributed by atoms with Crippen molar-refractivity contribution in [3.63, 3.8) is 0 Å². The average molecular weight is 255 g/mol. The number of pyridine rings is 1. The van der Waals surface area contributed by atoms with E-state index < -0.39 is 0 Å². The minimum Gasteiger partial charge on any atom is -0.397 e. The van der Waals surface area contributed by atoms with Gasteiger partial charge in [-0.25, -0.2) is 0 Å². The van der Waals surface area contributed by atoms with Gasteiger partial charge in [0, 0.05) is 23.3 Å². The topological polar surface area (TPSA) is 50.9 Å². The monoisotopic (exact) mass is 255 g/mol. The summed E-state index contributed by atoms with van der Waals surface area (Å²) in [5, 5.41) is 4.78. The fourth-order valence-corrected chi connectivity index (χ4v) is 3.15. The number of benzene rings is 1. The van der Waals surface area contributed by atoms with E-state index in [9.17, 15) is 0 Å². The molecule has 0 saturated heterocycles. The van der Waals surface area contributed by atoms with Crippen molar-refractivity contribution in [3.8, 4) is 0 Å². The third kappa shape index (κ3) is 2.37. The summed E-state index contributed by atoms with van der Waals surface area (Å²) < 4.78 is 0. The molecule has 1 unspecified atom stereocenters. The summed E-state index contributed by atoms with van der Waals surface area (Å²) in [6, 6.07) is 8.54. The maximum Gasteiger partial charge on any atom is 0.0951 e. The molecule has 0 radical (unpaired) electrons. The Bertz CT molecular complexity index is 573. The number of fused-ring (bicyclic) bond motifs is 1. The molecular formula is C16H21N3. The lowest BCUT2D eigenvalue weighted by atomic mass is 9.99. The Kier molecular flexibility index (Phi) is 3.28. The fourth-order valence-electron chi connectivity index (χ4n) is 3.15. The van der Waals surface area contributed by atoms with Gasteiger partial charge in [0.1, 0.15) is 0 Å². The molecule has 0 spiro atoms. The minimum atomic E-state index is 0.509. The lowest BCUT2D eigenvalue weighted by Gasteiger charge is -2.22. The van der Waals surface area contributed by atoms with E-state index in [2.05, 4.69) is 23.3 Å². The van der Waals surface area contributed by atoms with Gasteiger partial charge in [-0.3, -0.25) is 4.98 Å². The molecule has 1 fully saturated rings. The van der Waals surface area contributed by atoms with Crippen molar-refractivity contribution in [2.45, 2.75) is 38.6 Å². The number of para-hydroxylation sites is 1. The highest BCUT2D eigenvalue weighted by atomic mass is 14.9. The highest BCUT2D eigenvalue weighted by Gasteiger charge is 2.21. The molecule has 1 aromatic heterocycles. The summed E-state index contributed by atoms with van der Waals surface area (Å²) in [6.07, 6.45) is 7.28. The highest BCUT2D eigenvalue weighted by molar-refractivity contribution is 5.97. The predicted octanol–water partition coefficient (Wildman–Crippen LogP) is 3.81. The number of rotatable bonds is 3. The number of anilines is 2. The highest BCUT2D eigenvalue weighted by Crippen LogP contribution is 2.31. The lowest BCUT2D eigenvalue weighted by molar-refractivity contribution is 0.482. The number of hydrogen-bond acceptors (Lipinski definition) is 3. The van der Waals surface area contributed by atoms with E-state index in [0.29, 0.717) is 6.04 Å². The fraction of sp³-hybridized carbons (Fsp3) is 0.438. The average Bonchev–Trinajstić information content (AvgIpc) is 2.94. The van der Waals surface area contributed by atoms with Crippen molar-refractivity contribution >= 4 is 22.3 Å². The molecule has 19 heavy (non-hydrogen) atoms. The second-order valence-electron chi connectivity index (χ2n) is 5.58. The molecule has 1 aliphatic carbocycles. The van der Waals surface area contributed by atoms with Gasteiger partial charge in [-0.05, 0) is 37.8 Å². The van der Waals surface area contributed by atoms with Crippen LogP contribution < -0.4 is 11.1 Å². The third-order valence-electron chi connectivity index (χ3n) is 4.29. The smallest absolute Gasteiger partial charge is 0.0951 e. The molecule has 1 atom stereocenters. The summed E-state index contributed by atoms with van der Waals surface area (Å²) in [7, 11) is 0. The Morgan fingerprint density at radius 3 is 2.84 bits per heavy atom. The molecule has 0 bridgehead atoms. The number of nitrogens with one attached hydrogen (secondary N) is 1. The first-order valence-electron chi connectivity index (χ1n) is 7.15. The molecule has 0 aliphatic heterocycles. The zero-order chi connectivity index (χ0) is 13.2. The molecule has 3 heteroatoms. The van der Waals surface area contributed by atoms with Gasteiger partial charge in [-0.1, -0.05) is 25.0 Å². The van der Waals surface area contributed by atoms with Crippen molar-refractivity contribution < 1.29 is 0 Å². The van der Waals surface area contributed by atoms with E-state index in [4.69, 9.17) is 5.73 Å². The first kappa shape index (κ1) is 12.3. The molecule has 1 aliphatic rings. The van der Waals surface area contributed by atoms with Crippen molar-refractivity contribution in [2.24, 2.45) is 5.92 Å². The van der Waals surface area contributed by atoms with E-state index in [1.54, 1.807) is 0 Å². The van der Waals surface area contributed by atoms with Gasteiger partial charge in [-0.2, -0.15) is 0 Å². The molecular weight excluding hydrogens is 234 g/mol. The Hall–Kier alpha value is -1.77. The zero-order valence-electron chi connectivity index (χ0n) is 11.4. The van der Waals surface area contributed by atoms with E-state index in [1.165, 1.54) is 25.7 Å². The van der Waals surface area contributed by atoms with Gasteiger partial charge < -0.3 is 11.1 Å². The Balaban J connectivity index is 1.90. The van der Waals surface area contributed by atoms with Crippen LogP contribution in [0.4, 0.5) is 11.4 Å². The van der Waals surface area contributed by atoms with Crippen molar-refractivity contribution in [1.82, 2.24) is 4.98 Å². The third-order valence-corrected chi connectivity index (χ3v) is 4.29. The van der Waals surface area contributed by atoms with Crippen LogP contribution in [-0.2, 0) is 0 Å². The molecule has 1 saturated carbocycles. The van der Waals surface area contributed by atoms with Crippen LogP contribution in [0.1, 0.15) is 32.6 Å². The minimum absolute atomic E-state index is 0.509. The summed E-state index contributed by atoms with van der Waals surface area (Å²) >= 11 is 0. The van der Waals surface area contributed by atoms with Crippen molar-refractivity contribution in [1.29, 1.82) is 0 Å². The van der Waals surface area contributed by atoms with E-state index >= 15 is 0 Å². The summed E-state index contributed by atoms with van der Waals surface area (Å²) in [4.78, 5) is 4.38. The second-order valence-corrected chi connectivity index (χ2v) is 5.58. The van der Waals surface area contributed by atoms with Gasteiger partial charge in [0.25, 0.3) is 0 Å². The Labute approximate surface area is 114 Å². The van der Waals surface area contributed by atoms with Gasteiger partial charge >= 0.3 is 0 Å². The van der Waals surface area contributed by atoms with Crippen LogP contribution in [0.5, 0.6) is 0 Å². The van der Waals surface area contributed by atoms with Gasteiger partial charge in [-0.15, -0.1) is 0 Å². The summed E-state index contributed by atoms with van der Waals surface area (Å²) in [5.74, 6) is 0.796. The molecule has 100 valence electrons. The number of aromatic nitrogens is 1.